The maximum Gasteiger partial charge on any atom is 0.305 e. The molecule has 1 unspecified atom stereocenters. The Morgan fingerprint density at radius 1 is 1.47 bits per heavy atom. The van der Waals surface area contributed by atoms with Crippen molar-refractivity contribution in [2.45, 2.75) is 46.2 Å². The van der Waals surface area contributed by atoms with E-state index in [4.69, 9.17) is 5.11 Å². The normalized spacial score (nSPS) is 12.4. The van der Waals surface area contributed by atoms with Crippen LogP contribution in [0.25, 0.3) is 0 Å². The number of hydrogen-bond acceptors (Lipinski definition) is 3. The Balaban J connectivity index is 2.44. The van der Waals surface area contributed by atoms with E-state index in [0.717, 1.165) is 5.82 Å². The summed E-state index contributed by atoms with van der Waals surface area (Å²) >= 11 is 0. The summed E-state index contributed by atoms with van der Waals surface area (Å²) in [5.41, 5.74) is 0. The number of carbonyl (C=O) groups excluding carboxylic acids is 1. The van der Waals surface area contributed by atoms with Crippen molar-refractivity contribution in [3.8, 4) is 0 Å². The molecule has 0 aliphatic heterocycles. The van der Waals surface area contributed by atoms with Crippen molar-refractivity contribution in [3.05, 3.63) is 18.2 Å². The number of aryl methyl sites for hydroxylation is 2. The lowest BCUT2D eigenvalue weighted by Gasteiger charge is -2.20. The maximum atomic E-state index is 11.8. The van der Waals surface area contributed by atoms with Gasteiger partial charge in [0.05, 0.1) is 6.42 Å². The predicted molar refractivity (Wildman–Crippen MR) is 70.6 cm³/mol. The minimum Gasteiger partial charge on any atom is -0.481 e. The van der Waals surface area contributed by atoms with Crippen LogP contribution in [0, 0.1) is 12.8 Å². The standard InChI is InChI=1S/C13H21N3O3/c1-9(2)11(8-13(18)19)15-12(17)4-6-16-7-5-14-10(16)3/h5,7,9,11H,4,6,8H2,1-3H3,(H,15,17)(H,18,19). The van der Waals surface area contributed by atoms with Crippen molar-refractivity contribution in [1.82, 2.24) is 14.9 Å². The van der Waals surface area contributed by atoms with E-state index >= 15 is 0 Å². The highest BCUT2D eigenvalue weighted by atomic mass is 16.4. The molecule has 6 nitrogen and oxygen atoms in total. The van der Waals surface area contributed by atoms with Gasteiger partial charge in [0.2, 0.25) is 5.91 Å². The number of amides is 1. The lowest BCUT2D eigenvalue weighted by molar-refractivity contribution is -0.138. The molecule has 19 heavy (non-hydrogen) atoms. The second kappa shape index (κ2) is 6.92. The summed E-state index contributed by atoms with van der Waals surface area (Å²) in [5.74, 6) is -0.0775. The van der Waals surface area contributed by atoms with Gasteiger partial charge >= 0.3 is 5.97 Å². The number of carbonyl (C=O) groups is 2. The maximum absolute atomic E-state index is 11.8. The Morgan fingerprint density at radius 2 is 2.16 bits per heavy atom. The van der Waals surface area contributed by atoms with Crippen LogP contribution >= 0.6 is 0 Å². The molecule has 0 aliphatic rings. The topological polar surface area (TPSA) is 84.2 Å². The first kappa shape index (κ1) is 15.2. The molecule has 0 saturated heterocycles. The molecule has 0 aromatic carbocycles. The molecule has 2 N–H and O–H groups in total. The van der Waals surface area contributed by atoms with Crippen LogP contribution in [0.3, 0.4) is 0 Å². The van der Waals surface area contributed by atoms with Crippen LogP contribution in [0.4, 0.5) is 0 Å². The van der Waals surface area contributed by atoms with Crippen molar-refractivity contribution in [1.29, 1.82) is 0 Å². The van der Waals surface area contributed by atoms with Gasteiger partial charge in [0.15, 0.2) is 0 Å². The first-order valence-electron chi connectivity index (χ1n) is 6.39. The molecule has 1 rings (SSSR count). The van der Waals surface area contributed by atoms with Crippen molar-refractivity contribution in [3.63, 3.8) is 0 Å². The van der Waals surface area contributed by atoms with Gasteiger partial charge in [0.25, 0.3) is 0 Å². The lowest BCUT2D eigenvalue weighted by atomic mass is 10.0. The van der Waals surface area contributed by atoms with E-state index in [1.807, 2.05) is 31.5 Å². The Morgan fingerprint density at radius 3 is 2.63 bits per heavy atom. The summed E-state index contributed by atoms with van der Waals surface area (Å²) in [7, 11) is 0. The molecule has 1 heterocycles. The number of nitrogens with one attached hydrogen (secondary N) is 1. The largest absolute Gasteiger partial charge is 0.481 e. The smallest absolute Gasteiger partial charge is 0.305 e. The zero-order valence-electron chi connectivity index (χ0n) is 11.6. The summed E-state index contributed by atoms with van der Waals surface area (Å²) in [6, 6.07) is -0.325. The Hall–Kier alpha value is -1.85. The highest BCUT2D eigenvalue weighted by Crippen LogP contribution is 2.07. The molecule has 1 aromatic heterocycles. The van der Waals surface area contributed by atoms with E-state index in [1.165, 1.54) is 0 Å². The molecule has 0 aliphatic carbocycles. The van der Waals surface area contributed by atoms with Gasteiger partial charge in [-0.3, -0.25) is 9.59 Å². The number of aliphatic carboxylic acids is 1. The monoisotopic (exact) mass is 267 g/mol. The zero-order valence-corrected chi connectivity index (χ0v) is 11.6. The van der Waals surface area contributed by atoms with Crippen LogP contribution in [-0.2, 0) is 16.1 Å². The second-order valence-corrected chi connectivity index (χ2v) is 4.93. The number of nitrogens with zero attached hydrogens (tertiary/aromatic N) is 2. The molecule has 1 atom stereocenters. The summed E-state index contributed by atoms with van der Waals surface area (Å²) in [5, 5.41) is 11.6. The predicted octanol–water partition coefficient (Wildman–Crippen LogP) is 1.20. The van der Waals surface area contributed by atoms with E-state index in [2.05, 4.69) is 10.3 Å². The number of rotatable bonds is 7. The highest BCUT2D eigenvalue weighted by molar-refractivity contribution is 5.77. The number of carboxylic acids is 1. The number of imidazole rings is 1. The third kappa shape index (κ3) is 5.11. The van der Waals surface area contributed by atoms with Crippen LogP contribution in [0.1, 0.15) is 32.5 Å². The fraction of sp³-hybridized carbons (Fsp3) is 0.615. The SMILES string of the molecule is Cc1nccn1CCC(=O)NC(CC(=O)O)C(C)C. The molecule has 0 bridgehead atoms. The molecule has 1 aromatic rings. The summed E-state index contributed by atoms with van der Waals surface area (Å²) in [6.07, 6.45) is 3.78. The quantitative estimate of drug-likeness (QED) is 0.777. The summed E-state index contributed by atoms with van der Waals surface area (Å²) < 4.78 is 1.89. The van der Waals surface area contributed by atoms with Gasteiger partial charge in [-0.05, 0) is 12.8 Å². The number of aromatic nitrogens is 2. The average Bonchev–Trinajstić information content (AvgIpc) is 2.70. The van der Waals surface area contributed by atoms with E-state index in [1.54, 1.807) is 6.20 Å². The second-order valence-electron chi connectivity index (χ2n) is 4.93. The Kier molecular flexibility index (Phi) is 5.54. The van der Waals surface area contributed by atoms with Gasteiger partial charge < -0.3 is 15.0 Å². The van der Waals surface area contributed by atoms with Gasteiger partial charge in [-0.15, -0.1) is 0 Å². The molecular weight excluding hydrogens is 246 g/mol. The fourth-order valence-corrected chi connectivity index (χ4v) is 1.78. The van der Waals surface area contributed by atoms with Crippen LogP contribution in [-0.4, -0.2) is 32.6 Å². The third-order valence-electron chi connectivity index (χ3n) is 3.05. The van der Waals surface area contributed by atoms with Crippen molar-refractivity contribution < 1.29 is 14.7 Å². The van der Waals surface area contributed by atoms with Gasteiger partial charge in [0, 0.05) is 31.4 Å². The highest BCUT2D eigenvalue weighted by Gasteiger charge is 2.19. The van der Waals surface area contributed by atoms with Gasteiger partial charge in [-0.1, -0.05) is 13.8 Å². The van der Waals surface area contributed by atoms with E-state index in [9.17, 15) is 9.59 Å². The molecule has 0 radical (unpaired) electrons. The molecular formula is C13H21N3O3. The van der Waals surface area contributed by atoms with Crippen molar-refractivity contribution >= 4 is 11.9 Å². The third-order valence-corrected chi connectivity index (χ3v) is 3.05. The Bertz CT molecular complexity index is 440. The molecule has 106 valence electrons. The molecule has 1 amide bonds. The van der Waals surface area contributed by atoms with E-state index < -0.39 is 5.97 Å². The minimum atomic E-state index is -0.899. The van der Waals surface area contributed by atoms with Gasteiger partial charge in [-0.2, -0.15) is 0 Å². The minimum absolute atomic E-state index is 0.0481. The van der Waals surface area contributed by atoms with E-state index in [-0.39, 0.29) is 24.3 Å². The zero-order chi connectivity index (χ0) is 14.4. The van der Waals surface area contributed by atoms with E-state index in [0.29, 0.717) is 13.0 Å². The molecule has 6 heteroatoms. The molecule has 0 saturated carbocycles. The van der Waals surface area contributed by atoms with Gasteiger partial charge in [-0.25, -0.2) is 4.98 Å². The summed E-state index contributed by atoms with van der Waals surface area (Å²) in [4.78, 5) is 26.6. The van der Waals surface area contributed by atoms with Crippen LogP contribution < -0.4 is 5.32 Å². The molecule has 0 spiro atoms. The number of hydrogen-bond donors (Lipinski definition) is 2. The molecule has 0 fully saturated rings. The first-order chi connectivity index (χ1) is 8.90. The van der Waals surface area contributed by atoms with Crippen molar-refractivity contribution in [2.75, 3.05) is 0 Å². The van der Waals surface area contributed by atoms with Crippen LogP contribution in [0.2, 0.25) is 0 Å². The fourth-order valence-electron chi connectivity index (χ4n) is 1.78. The van der Waals surface area contributed by atoms with Crippen molar-refractivity contribution in [2.24, 2.45) is 5.92 Å². The summed E-state index contributed by atoms with van der Waals surface area (Å²) in [6.45, 7) is 6.22. The average molecular weight is 267 g/mol. The van der Waals surface area contributed by atoms with Crippen LogP contribution in [0.5, 0.6) is 0 Å². The van der Waals surface area contributed by atoms with Crippen LogP contribution in [0.15, 0.2) is 12.4 Å². The number of carboxylic acid groups (broad SMARTS) is 1. The Labute approximate surface area is 112 Å². The lowest BCUT2D eigenvalue weighted by Crippen LogP contribution is -2.40. The van der Waals surface area contributed by atoms with Gasteiger partial charge in [0.1, 0.15) is 5.82 Å². The first-order valence-corrected chi connectivity index (χ1v) is 6.39.